The summed E-state index contributed by atoms with van der Waals surface area (Å²) in [4.78, 5) is 14.8. The fourth-order valence-electron chi connectivity index (χ4n) is 3.23. The van der Waals surface area contributed by atoms with E-state index in [0.29, 0.717) is 10.0 Å². The van der Waals surface area contributed by atoms with Crippen LogP contribution in [0.2, 0.25) is 10.0 Å². The highest BCUT2D eigenvalue weighted by atomic mass is 35.5. The summed E-state index contributed by atoms with van der Waals surface area (Å²) in [6, 6.07) is 5.51. The Labute approximate surface area is 123 Å². The molecule has 1 saturated heterocycles. The first-order chi connectivity index (χ1) is 9.13. The minimum Gasteiger partial charge on any atom is -0.342 e. The number of nitrogens with zero attached hydrogens (tertiary/aromatic N) is 1. The maximum absolute atomic E-state index is 12.8. The average Bonchev–Trinajstić information content (AvgIpc) is 2.83. The molecule has 4 heteroatoms. The van der Waals surface area contributed by atoms with Gasteiger partial charge in [-0.1, -0.05) is 35.7 Å². The summed E-state index contributed by atoms with van der Waals surface area (Å²) in [5, 5.41) is 1.25. The number of halogens is 2. The monoisotopic (exact) mass is 297 g/mol. The van der Waals surface area contributed by atoms with Crippen LogP contribution in [0.15, 0.2) is 18.2 Å². The molecule has 0 aromatic heterocycles. The average molecular weight is 298 g/mol. The molecule has 2 nitrogen and oxygen atoms in total. The summed E-state index contributed by atoms with van der Waals surface area (Å²) in [5.74, 6) is 0.264. The highest BCUT2D eigenvalue weighted by molar-refractivity contribution is 6.35. The van der Waals surface area contributed by atoms with Gasteiger partial charge in [-0.05, 0) is 43.4 Å². The van der Waals surface area contributed by atoms with Crippen molar-refractivity contribution in [1.29, 1.82) is 0 Å². The standard InChI is InChI=1S/C15H17Cl2NO/c16-11-4-5-12(13(17)10-11)15(6-3-7-15)14(19)18-8-1-2-9-18/h4-5,10H,1-3,6-9H2. The van der Waals surface area contributed by atoms with E-state index in [1.165, 1.54) is 0 Å². The topological polar surface area (TPSA) is 20.3 Å². The van der Waals surface area contributed by atoms with E-state index in [1.807, 2.05) is 17.0 Å². The maximum Gasteiger partial charge on any atom is 0.233 e. The van der Waals surface area contributed by atoms with E-state index in [2.05, 4.69) is 0 Å². The summed E-state index contributed by atoms with van der Waals surface area (Å²) in [5.41, 5.74) is 0.577. The molecule has 1 heterocycles. The fraction of sp³-hybridized carbons (Fsp3) is 0.533. The zero-order chi connectivity index (χ0) is 13.5. The minimum atomic E-state index is -0.383. The molecule has 1 aromatic rings. The van der Waals surface area contributed by atoms with Crippen LogP contribution in [-0.4, -0.2) is 23.9 Å². The summed E-state index contributed by atoms with van der Waals surface area (Å²) in [7, 11) is 0. The lowest BCUT2D eigenvalue weighted by atomic mass is 9.63. The van der Waals surface area contributed by atoms with Crippen LogP contribution < -0.4 is 0 Å². The molecule has 1 aliphatic carbocycles. The number of benzene rings is 1. The first-order valence-corrected chi connectivity index (χ1v) is 7.64. The first kappa shape index (κ1) is 13.3. The van der Waals surface area contributed by atoms with Crippen molar-refractivity contribution in [2.24, 2.45) is 0 Å². The third-order valence-electron chi connectivity index (χ3n) is 4.46. The number of amides is 1. The van der Waals surface area contributed by atoms with Crippen LogP contribution in [0.1, 0.15) is 37.7 Å². The minimum absolute atomic E-state index is 0.264. The molecular formula is C15H17Cl2NO. The Bertz CT molecular complexity index is 505. The van der Waals surface area contributed by atoms with Crippen molar-refractivity contribution in [3.8, 4) is 0 Å². The molecule has 0 bridgehead atoms. The lowest BCUT2D eigenvalue weighted by Crippen LogP contribution is -2.50. The lowest BCUT2D eigenvalue weighted by molar-refractivity contribution is -0.139. The third kappa shape index (κ3) is 2.15. The van der Waals surface area contributed by atoms with E-state index in [0.717, 1.165) is 50.8 Å². The van der Waals surface area contributed by atoms with Gasteiger partial charge in [-0.15, -0.1) is 0 Å². The van der Waals surface area contributed by atoms with Crippen molar-refractivity contribution in [2.45, 2.75) is 37.5 Å². The van der Waals surface area contributed by atoms with Gasteiger partial charge in [-0.3, -0.25) is 4.79 Å². The molecule has 19 heavy (non-hydrogen) atoms. The Morgan fingerprint density at radius 3 is 2.32 bits per heavy atom. The summed E-state index contributed by atoms with van der Waals surface area (Å²) in [6.07, 6.45) is 5.15. The predicted octanol–water partition coefficient (Wildman–Crippen LogP) is 4.04. The summed E-state index contributed by atoms with van der Waals surface area (Å²) in [6.45, 7) is 1.79. The lowest BCUT2D eigenvalue weighted by Gasteiger charge is -2.43. The van der Waals surface area contributed by atoms with Crippen LogP contribution in [0.3, 0.4) is 0 Å². The van der Waals surface area contributed by atoms with E-state index in [4.69, 9.17) is 23.2 Å². The van der Waals surface area contributed by atoms with Crippen molar-refractivity contribution in [2.75, 3.05) is 13.1 Å². The van der Waals surface area contributed by atoms with Gasteiger partial charge in [0.15, 0.2) is 0 Å². The molecule has 2 fully saturated rings. The Morgan fingerprint density at radius 1 is 1.11 bits per heavy atom. The maximum atomic E-state index is 12.8. The number of rotatable bonds is 2. The van der Waals surface area contributed by atoms with Gasteiger partial charge < -0.3 is 4.90 Å². The van der Waals surface area contributed by atoms with Gasteiger partial charge in [-0.2, -0.15) is 0 Å². The van der Waals surface area contributed by atoms with Gasteiger partial charge >= 0.3 is 0 Å². The van der Waals surface area contributed by atoms with Crippen LogP contribution >= 0.6 is 23.2 Å². The Morgan fingerprint density at radius 2 is 1.79 bits per heavy atom. The Hall–Kier alpha value is -0.730. The van der Waals surface area contributed by atoms with Gasteiger partial charge in [0, 0.05) is 23.1 Å². The molecule has 1 aromatic carbocycles. The number of hydrogen-bond acceptors (Lipinski definition) is 1. The van der Waals surface area contributed by atoms with Crippen molar-refractivity contribution >= 4 is 29.1 Å². The number of carbonyl (C=O) groups excluding carboxylic acids is 1. The molecule has 0 spiro atoms. The molecule has 0 atom stereocenters. The van der Waals surface area contributed by atoms with Crippen LogP contribution in [-0.2, 0) is 10.2 Å². The molecule has 0 radical (unpaired) electrons. The number of likely N-dealkylation sites (tertiary alicyclic amines) is 1. The normalized spacial score (nSPS) is 21.3. The molecular weight excluding hydrogens is 281 g/mol. The van der Waals surface area contributed by atoms with Gasteiger partial charge in [0.2, 0.25) is 5.91 Å². The van der Waals surface area contributed by atoms with E-state index in [-0.39, 0.29) is 11.3 Å². The smallest absolute Gasteiger partial charge is 0.233 e. The van der Waals surface area contributed by atoms with Gasteiger partial charge in [0.1, 0.15) is 0 Å². The van der Waals surface area contributed by atoms with Gasteiger partial charge in [-0.25, -0.2) is 0 Å². The van der Waals surface area contributed by atoms with E-state index in [1.54, 1.807) is 6.07 Å². The van der Waals surface area contributed by atoms with Crippen LogP contribution in [0.5, 0.6) is 0 Å². The van der Waals surface area contributed by atoms with Crippen molar-refractivity contribution in [1.82, 2.24) is 4.90 Å². The molecule has 102 valence electrons. The second kappa shape index (κ2) is 4.99. The van der Waals surface area contributed by atoms with Crippen molar-refractivity contribution in [3.05, 3.63) is 33.8 Å². The largest absolute Gasteiger partial charge is 0.342 e. The molecule has 0 unspecified atom stereocenters. The molecule has 0 N–H and O–H groups in total. The first-order valence-electron chi connectivity index (χ1n) is 6.88. The molecule has 1 amide bonds. The van der Waals surface area contributed by atoms with Crippen molar-refractivity contribution < 1.29 is 4.79 Å². The highest BCUT2D eigenvalue weighted by Gasteiger charge is 2.48. The van der Waals surface area contributed by atoms with Crippen LogP contribution in [0.4, 0.5) is 0 Å². The van der Waals surface area contributed by atoms with E-state index in [9.17, 15) is 4.79 Å². The SMILES string of the molecule is O=C(N1CCCC1)C1(c2ccc(Cl)cc2Cl)CCC1. The zero-order valence-corrected chi connectivity index (χ0v) is 12.3. The predicted molar refractivity (Wildman–Crippen MR) is 77.8 cm³/mol. The summed E-state index contributed by atoms with van der Waals surface area (Å²) < 4.78 is 0. The third-order valence-corrected chi connectivity index (χ3v) is 5.00. The van der Waals surface area contributed by atoms with Crippen LogP contribution in [0.25, 0.3) is 0 Å². The highest BCUT2D eigenvalue weighted by Crippen LogP contribution is 2.48. The second-order valence-electron chi connectivity index (χ2n) is 5.56. The molecule has 1 saturated carbocycles. The zero-order valence-electron chi connectivity index (χ0n) is 10.8. The van der Waals surface area contributed by atoms with E-state index < -0.39 is 0 Å². The molecule has 3 rings (SSSR count). The van der Waals surface area contributed by atoms with Crippen LogP contribution in [0, 0.1) is 0 Å². The second-order valence-corrected chi connectivity index (χ2v) is 6.40. The van der Waals surface area contributed by atoms with Gasteiger partial charge in [0.25, 0.3) is 0 Å². The van der Waals surface area contributed by atoms with Crippen molar-refractivity contribution in [3.63, 3.8) is 0 Å². The Balaban J connectivity index is 1.96. The van der Waals surface area contributed by atoms with Gasteiger partial charge in [0.05, 0.1) is 5.41 Å². The molecule has 1 aliphatic heterocycles. The molecule has 2 aliphatic rings. The van der Waals surface area contributed by atoms with E-state index >= 15 is 0 Å². The number of hydrogen-bond donors (Lipinski definition) is 0. The number of carbonyl (C=O) groups is 1. The summed E-state index contributed by atoms with van der Waals surface area (Å²) >= 11 is 12.3. The quantitative estimate of drug-likeness (QED) is 0.807. The fourth-order valence-corrected chi connectivity index (χ4v) is 3.82. The Kier molecular flexibility index (Phi) is 3.48.